The lowest BCUT2D eigenvalue weighted by atomic mass is 9.77. The minimum Gasteiger partial charge on any atom is -0.463 e. The molecular weight excluding hydrogens is 610 g/mol. The molecular formula is C35H38ClN3O7. The summed E-state index contributed by atoms with van der Waals surface area (Å²) in [5.41, 5.74) is 0.665. The summed E-state index contributed by atoms with van der Waals surface area (Å²) >= 11 is 6.63. The Morgan fingerprint density at radius 2 is 1.83 bits per heavy atom. The number of nitrogens with one attached hydrogen (secondary N) is 1. The minimum absolute atomic E-state index is 0.0556. The van der Waals surface area contributed by atoms with Crippen molar-refractivity contribution in [3.8, 4) is 0 Å². The van der Waals surface area contributed by atoms with Gasteiger partial charge in [-0.05, 0) is 43.4 Å². The first-order valence-electron chi connectivity index (χ1n) is 15.8. The number of allylic oxidation sites excluding steroid dienone is 1. The Morgan fingerprint density at radius 3 is 2.59 bits per heavy atom. The lowest BCUT2D eigenvalue weighted by Gasteiger charge is -2.36. The second kappa shape index (κ2) is 13.4. The number of carbonyl (C=O) groups is 4. The molecule has 2 saturated heterocycles. The molecule has 6 rings (SSSR count). The molecule has 11 heteroatoms. The molecule has 2 aromatic rings. The van der Waals surface area contributed by atoms with Crippen LogP contribution in [0.15, 0.2) is 72.8 Å². The number of carbonyl (C=O) groups excluding carboxylic acids is 4. The van der Waals surface area contributed by atoms with Gasteiger partial charge >= 0.3 is 5.97 Å². The van der Waals surface area contributed by atoms with Crippen LogP contribution in [0.2, 0.25) is 5.02 Å². The third kappa shape index (κ3) is 5.74. The molecule has 4 aliphatic heterocycles. The van der Waals surface area contributed by atoms with E-state index >= 15 is 0 Å². The summed E-state index contributed by atoms with van der Waals surface area (Å²) in [6.07, 6.45) is 7.65. The number of halogens is 1. The number of unbranched alkanes of at least 4 members (excludes halogenated alkanes) is 1. The molecule has 0 bridgehead atoms. The van der Waals surface area contributed by atoms with Gasteiger partial charge in [-0.15, -0.1) is 0 Å². The first kappa shape index (κ1) is 32.0. The SMILES string of the molecule is Cc1cccc(Cl)c1N1CC=C[C@]23O[C@@H]4/C=C\CCC(=O)OC[C@@H](c5ccccc5)NC(=O)[C@@H]4[C@H]2C(=O)N(CCCCO)[C@@H]3C1=O. The Kier molecular flexibility index (Phi) is 9.31. The summed E-state index contributed by atoms with van der Waals surface area (Å²) in [6, 6.07) is 12.9. The second-order valence-corrected chi connectivity index (χ2v) is 12.6. The molecule has 46 heavy (non-hydrogen) atoms. The Morgan fingerprint density at radius 1 is 1.02 bits per heavy atom. The number of ether oxygens (including phenoxy) is 2. The molecule has 0 radical (unpaired) electrons. The van der Waals surface area contributed by atoms with E-state index in [1.165, 1.54) is 4.90 Å². The summed E-state index contributed by atoms with van der Waals surface area (Å²) in [6.45, 7) is 2.15. The van der Waals surface area contributed by atoms with E-state index in [2.05, 4.69) is 5.32 Å². The van der Waals surface area contributed by atoms with Crippen molar-refractivity contribution in [1.82, 2.24) is 10.2 Å². The van der Waals surface area contributed by atoms with Crippen LogP contribution in [-0.2, 0) is 28.7 Å². The van der Waals surface area contributed by atoms with E-state index in [1.54, 1.807) is 29.2 Å². The van der Waals surface area contributed by atoms with Gasteiger partial charge in [0.25, 0.3) is 5.91 Å². The summed E-state index contributed by atoms with van der Waals surface area (Å²) in [7, 11) is 0. The Bertz CT molecular complexity index is 1540. The molecule has 2 aromatic carbocycles. The number of amides is 3. The number of likely N-dealkylation sites (tertiary alicyclic amines) is 1. The number of nitrogens with zero attached hydrogens (tertiary/aromatic N) is 2. The normalized spacial score (nSPS) is 30.4. The van der Waals surface area contributed by atoms with Gasteiger partial charge in [0.15, 0.2) is 0 Å². The summed E-state index contributed by atoms with van der Waals surface area (Å²) < 4.78 is 12.3. The van der Waals surface area contributed by atoms with Crippen molar-refractivity contribution >= 4 is 41.0 Å². The average Bonchev–Trinajstić information content (AvgIpc) is 3.42. The number of benzene rings is 2. The van der Waals surface area contributed by atoms with Crippen LogP contribution in [0.5, 0.6) is 0 Å². The van der Waals surface area contributed by atoms with Crippen LogP contribution in [0.1, 0.15) is 42.9 Å². The van der Waals surface area contributed by atoms with Crippen molar-refractivity contribution in [1.29, 1.82) is 0 Å². The lowest BCUT2D eigenvalue weighted by Crippen LogP contribution is -2.55. The van der Waals surface area contributed by atoms with Crippen molar-refractivity contribution in [2.45, 2.75) is 56.4 Å². The standard InChI is InChI=1S/C35H38ClN3O7/c1-22-11-9-14-24(36)30(22)38-19-10-17-35-29(33(43)39(18-7-8-20-40)31(35)34(38)44)28-26(46-35)15-5-6-16-27(41)45-21-25(37-32(28)42)23-12-3-2-4-13-23/h2-5,9-15,17,25-26,28-29,31,40H,6-8,16,18-21H2,1H3,(H,37,42)/b15-5-/t25-,26+,28-,29-,31+,35-/m0/s1. The maximum Gasteiger partial charge on any atom is 0.306 e. The Labute approximate surface area is 273 Å². The van der Waals surface area contributed by atoms with Gasteiger partial charge < -0.3 is 29.7 Å². The fraction of sp³-hybridized carbons (Fsp3) is 0.429. The van der Waals surface area contributed by atoms with Crippen molar-refractivity contribution in [3.05, 3.63) is 89.0 Å². The molecule has 4 heterocycles. The fourth-order valence-electron chi connectivity index (χ4n) is 7.24. The molecule has 2 N–H and O–H groups in total. The van der Waals surface area contributed by atoms with Crippen LogP contribution in [0.25, 0.3) is 0 Å². The fourth-order valence-corrected chi connectivity index (χ4v) is 7.56. The van der Waals surface area contributed by atoms with Gasteiger partial charge in [0.2, 0.25) is 11.8 Å². The molecule has 0 saturated carbocycles. The second-order valence-electron chi connectivity index (χ2n) is 12.2. The number of para-hydroxylation sites is 1. The zero-order chi connectivity index (χ0) is 32.4. The topological polar surface area (TPSA) is 125 Å². The van der Waals surface area contributed by atoms with Crippen LogP contribution in [-0.4, -0.2) is 77.7 Å². The van der Waals surface area contributed by atoms with Gasteiger partial charge in [-0.1, -0.05) is 78.4 Å². The molecule has 242 valence electrons. The van der Waals surface area contributed by atoms with Crippen LogP contribution in [0.4, 0.5) is 5.69 Å². The van der Waals surface area contributed by atoms with Gasteiger partial charge in [0.05, 0.1) is 34.7 Å². The number of rotatable bonds is 6. The van der Waals surface area contributed by atoms with Gasteiger partial charge in [-0.25, -0.2) is 0 Å². The molecule has 3 amide bonds. The lowest BCUT2D eigenvalue weighted by molar-refractivity contribution is -0.146. The van der Waals surface area contributed by atoms with Crippen molar-refractivity contribution < 1.29 is 33.8 Å². The number of hydrogen-bond donors (Lipinski definition) is 2. The van der Waals surface area contributed by atoms with Crippen LogP contribution in [0.3, 0.4) is 0 Å². The highest BCUT2D eigenvalue weighted by molar-refractivity contribution is 6.34. The van der Waals surface area contributed by atoms with Crippen LogP contribution >= 0.6 is 11.6 Å². The number of cyclic esters (lactones) is 1. The van der Waals surface area contributed by atoms with Gasteiger partial charge in [-0.2, -0.15) is 0 Å². The molecule has 10 nitrogen and oxygen atoms in total. The van der Waals surface area contributed by atoms with E-state index in [9.17, 15) is 24.3 Å². The van der Waals surface area contributed by atoms with E-state index in [0.29, 0.717) is 30.0 Å². The first-order valence-corrected chi connectivity index (χ1v) is 16.2. The van der Waals surface area contributed by atoms with Crippen LogP contribution in [0, 0.1) is 18.8 Å². The maximum absolute atomic E-state index is 14.7. The van der Waals surface area contributed by atoms with E-state index < -0.39 is 41.5 Å². The number of anilines is 1. The van der Waals surface area contributed by atoms with Crippen molar-refractivity contribution in [3.63, 3.8) is 0 Å². The van der Waals surface area contributed by atoms with E-state index in [4.69, 9.17) is 21.1 Å². The van der Waals surface area contributed by atoms with Gasteiger partial charge in [-0.3, -0.25) is 19.2 Å². The number of esters is 1. The van der Waals surface area contributed by atoms with E-state index in [-0.39, 0.29) is 50.5 Å². The highest BCUT2D eigenvalue weighted by atomic mass is 35.5. The van der Waals surface area contributed by atoms with E-state index in [1.807, 2.05) is 55.5 Å². The number of hydrogen-bond acceptors (Lipinski definition) is 7. The molecule has 1 spiro atoms. The smallest absolute Gasteiger partial charge is 0.306 e. The minimum atomic E-state index is -1.44. The van der Waals surface area contributed by atoms with Gasteiger partial charge in [0, 0.05) is 26.1 Å². The summed E-state index contributed by atoms with van der Waals surface area (Å²) in [5, 5.41) is 12.9. The molecule has 0 aliphatic carbocycles. The highest BCUT2D eigenvalue weighted by Gasteiger charge is 2.71. The predicted octanol–water partition coefficient (Wildman–Crippen LogP) is 3.66. The maximum atomic E-state index is 14.7. The molecule has 2 fully saturated rings. The van der Waals surface area contributed by atoms with Gasteiger partial charge in [0.1, 0.15) is 18.2 Å². The summed E-state index contributed by atoms with van der Waals surface area (Å²) in [5.74, 6) is -3.51. The molecule has 4 aliphatic rings. The largest absolute Gasteiger partial charge is 0.463 e. The monoisotopic (exact) mass is 647 g/mol. The molecule has 0 unspecified atom stereocenters. The third-order valence-electron chi connectivity index (χ3n) is 9.33. The van der Waals surface area contributed by atoms with Crippen molar-refractivity contribution in [2.75, 3.05) is 31.2 Å². The Hall–Kier alpha value is -3.99. The average molecular weight is 648 g/mol. The number of aliphatic hydroxyl groups excluding tert-OH is 1. The number of aryl methyl sites for hydroxylation is 1. The molecule has 0 aromatic heterocycles. The number of fused-ring (bicyclic) bond motifs is 2. The van der Waals surface area contributed by atoms with Crippen LogP contribution < -0.4 is 10.2 Å². The quantitative estimate of drug-likeness (QED) is 0.279. The highest BCUT2D eigenvalue weighted by Crippen LogP contribution is 2.53. The van der Waals surface area contributed by atoms with Crippen molar-refractivity contribution in [2.24, 2.45) is 11.8 Å². The Balaban J connectivity index is 1.43. The van der Waals surface area contributed by atoms with E-state index in [0.717, 1.165) is 11.1 Å². The third-order valence-corrected chi connectivity index (χ3v) is 9.64. The zero-order valence-corrected chi connectivity index (χ0v) is 26.4. The number of aliphatic hydroxyl groups is 1. The predicted molar refractivity (Wildman–Crippen MR) is 171 cm³/mol. The molecule has 6 atom stereocenters. The summed E-state index contributed by atoms with van der Waals surface area (Å²) in [4.78, 5) is 59.1. The zero-order valence-electron chi connectivity index (χ0n) is 25.6. The first-order chi connectivity index (χ1) is 22.3.